The van der Waals surface area contributed by atoms with E-state index in [9.17, 15) is 14.7 Å². The second-order valence-corrected chi connectivity index (χ2v) is 7.35. The molecule has 29 heavy (non-hydrogen) atoms. The molecule has 0 aliphatic rings. The molecule has 0 atom stereocenters. The van der Waals surface area contributed by atoms with Crippen LogP contribution in [0.4, 0.5) is 5.69 Å². The highest BCUT2D eigenvalue weighted by atomic mass is 16.5. The second kappa shape index (κ2) is 11.2. The number of carboxylic acids is 1. The largest absolute Gasteiger partial charge is 0.496 e. The normalized spacial score (nSPS) is 10.6. The van der Waals surface area contributed by atoms with E-state index >= 15 is 0 Å². The SMILES string of the molecule is CCCCCCCCc1ccc(C(=O)Nc2ccc(C)cc2C(=O)O)cc1OC. The lowest BCUT2D eigenvalue weighted by molar-refractivity contribution is 0.0698. The summed E-state index contributed by atoms with van der Waals surface area (Å²) >= 11 is 0. The van der Waals surface area contributed by atoms with Gasteiger partial charge in [-0.25, -0.2) is 4.79 Å². The highest BCUT2D eigenvalue weighted by Gasteiger charge is 2.15. The molecule has 0 aromatic heterocycles. The number of hydrogen-bond donors (Lipinski definition) is 2. The number of benzene rings is 2. The topological polar surface area (TPSA) is 75.6 Å². The first-order chi connectivity index (χ1) is 14.0. The molecule has 0 radical (unpaired) electrons. The summed E-state index contributed by atoms with van der Waals surface area (Å²) in [4.78, 5) is 24.1. The van der Waals surface area contributed by atoms with Crippen LogP contribution in [0.3, 0.4) is 0 Å². The maximum Gasteiger partial charge on any atom is 0.337 e. The van der Waals surface area contributed by atoms with E-state index in [1.165, 1.54) is 32.1 Å². The number of unbranched alkanes of at least 4 members (excludes halogenated alkanes) is 5. The Kier molecular flexibility index (Phi) is 8.71. The molecule has 156 valence electrons. The Labute approximate surface area is 173 Å². The van der Waals surface area contributed by atoms with E-state index < -0.39 is 5.97 Å². The third kappa shape index (κ3) is 6.63. The van der Waals surface area contributed by atoms with Gasteiger partial charge in [0.05, 0.1) is 18.4 Å². The highest BCUT2D eigenvalue weighted by molar-refractivity contribution is 6.08. The van der Waals surface area contributed by atoms with Crippen molar-refractivity contribution in [3.63, 3.8) is 0 Å². The van der Waals surface area contributed by atoms with E-state index in [4.69, 9.17) is 4.74 Å². The molecule has 0 bridgehead atoms. The molecule has 0 aliphatic carbocycles. The number of rotatable bonds is 11. The van der Waals surface area contributed by atoms with Crippen molar-refractivity contribution < 1.29 is 19.4 Å². The number of ether oxygens (including phenoxy) is 1. The smallest absolute Gasteiger partial charge is 0.337 e. The first kappa shape index (κ1) is 22.5. The molecule has 0 unspecified atom stereocenters. The number of carbonyl (C=O) groups excluding carboxylic acids is 1. The van der Waals surface area contributed by atoms with E-state index in [0.29, 0.717) is 11.3 Å². The predicted octanol–water partition coefficient (Wildman–Crippen LogP) is 5.86. The molecule has 2 aromatic rings. The van der Waals surface area contributed by atoms with Crippen molar-refractivity contribution in [1.29, 1.82) is 0 Å². The number of carbonyl (C=O) groups is 2. The van der Waals surface area contributed by atoms with E-state index in [2.05, 4.69) is 12.2 Å². The third-order valence-electron chi connectivity index (χ3n) is 5.00. The van der Waals surface area contributed by atoms with Gasteiger partial charge in [-0.2, -0.15) is 0 Å². The Hall–Kier alpha value is -2.82. The van der Waals surface area contributed by atoms with E-state index in [1.807, 2.05) is 13.0 Å². The zero-order chi connectivity index (χ0) is 21.2. The first-order valence-corrected chi connectivity index (χ1v) is 10.3. The maximum atomic E-state index is 12.7. The Bertz CT molecular complexity index is 845. The van der Waals surface area contributed by atoms with Crippen LogP contribution in [0.2, 0.25) is 0 Å². The fourth-order valence-corrected chi connectivity index (χ4v) is 3.33. The quantitative estimate of drug-likeness (QED) is 0.466. The molecule has 1 amide bonds. The summed E-state index contributed by atoms with van der Waals surface area (Å²) < 4.78 is 5.49. The number of carboxylic acid groups (broad SMARTS) is 1. The van der Waals surface area contributed by atoms with Crippen LogP contribution < -0.4 is 10.1 Å². The molecule has 2 rings (SSSR count). The second-order valence-electron chi connectivity index (χ2n) is 7.35. The molecular weight excluding hydrogens is 366 g/mol. The average Bonchev–Trinajstić information content (AvgIpc) is 2.71. The number of methoxy groups -OCH3 is 1. The first-order valence-electron chi connectivity index (χ1n) is 10.3. The molecule has 5 heteroatoms. The summed E-state index contributed by atoms with van der Waals surface area (Å²) in [6.45, 7) is 4.02. The van der Waals surface area contributed by atoms with Gasteiger partial charge in [0, 0.05) is 5.56 Å². The molecule has 0 fully saturated rings. The summed E-state index contributed by atoms with van der Waals surface area (Å²) in [6, 6.07) is 10.3. The summed E-state index contributed by atoms with van der Waals surface area (Å²) in [5.41, 5.74) is 2.70. The lowest BCUT2D eigenvalue weighted by atomic mass is 10.0. The lowest BCUT2D eigenvalue weighted by Crippen LogP contribution is -2.15. The van der Waals surface area contributed by atoms with Crippen LogP contribution in [-0.4, -0.2) is 24.1 Å². The zero-order valence-corrected chi connectivity index (χ0v) is 17.6. The van der Waals surface area contributed by atoms with E-state index in [0.717, 1.165) is 24.0 Å². The van der Waals surface area contributed by atoms with Gasteiger partial charge in [0.25, 0.3) is 5.91 Å². The predicted molar refractivity (Wildman–Crippen MR) is 116 cm³/mol. The van der Waals surface area contributed by atoms with Gasteiger partial charge >= 0.3 is 5.97 Å². The molecule has 5 nitrogen and oxygen atoms in total. The standard InChI is InChI=1S/C24H31NO4/c1-4-5-6-7-8-9-10-18-12-13-19(16-22(18)29-3)23(26)25-21-14-11-17(2)15-20(21)24(27)28/h11-16H,4-10H2,1-3H3,(H,25,26)(H,27,28). The molecular formula is C24H31NO4. The van der Waals surface area contributed by atoms with Gasteiger partial charge < -0.3 is 15.2 Å². The molecule has 0 spiro atoms. The Morgan fingerprint density at radius 1 is 1.00 bits per heavy atom. The van der Waals surface area contributed by atoms with Crippen molar-refractivity contribution in [1.82, 2.24) is 0 Å². The van der Waals surface area contributed by atoms with Gasteiger partial charge in [-0.1, -0.05) is 56.7 Å². The van der Waals surface area contributed by atoms with Crippen molar-refractivity contribution in [2.75, 3.05) is 12.4 Å². The minimum absolute atomic E-state index is 0.0741. The average molecular weight is 398 g/mol. The number of aromatic carboxylic acids is 1. The monoisotopic (exact) mass is 397 g/mol. The Morgan fingerprint density at radius 2 is 1.72 bits per heavy atom. The zero-order valence-electron chi connectivity index (χ0n) is 17.6. The van der Waals surface area contributed by atoms with Crippen LogP contribution in [0.25, 0.3) is 0 Å². The fraction of sp³-hybridized carbons (Fsp3) is 0.417. The summed E-state index contributed by atoms with van der Waals surface area (Å²) in [5.74, 6) is -0.745. The van der Waals surface area contributed by atoms with Gasteiger partial charge in [-0.15, -0.1) is 0 Å². The third-order valence-corrected chi connectivity index (χ3v) is 5.00. The van der Waals surface area contributed by atoms with Crippen LogP contribution in [0.5, 0.6) is 5.75 Å². The van der Waals surface area contributed by atoms with Gasteiger partial charge in [0.15, 0.2) is 0 Å². The number of amides is 1. The number of nitrogens with one attached hydrogen (secondary N) is 1. The molecule has 0 aliphatic heterocycles. The van der Waals surface area contributed by atoms with Crippen LogP contribution in [-0.2, 0) is 6.42 Å². The summed E-state index contributed by atoms with van der Waals surface area (Å²) in [7, 11) is 1.60. The number of anilines is 1. The van der Waals surface area contributed by atoms with Crippen LogP contribution >= 0.6 is 0 Å². The summed E-state index contributed by atoms with van der Waals surface area (Å²) in [5, 5.41) is 12.1. The van der Waals surface area contributed by atoms with Crippen molar-refractivity contribution in [2.24, 2.45) is 0 Å². The van der Waals surface area contributed by atoms with Crippen molar-refractivity contribution in [2.45, 2.75) is 58.8 Å². The van der Waals surface area contributed by atoms with Crippen molar-refractivity contribution in [3.8, 4) is 5.75 Å². The number of aryl methyl sites for hydroxylation is 2. The fourth-order valence-electron chi connectivity index (χ4n) is 3.33. The highest BCUT2D eigenvalue weighted by Crippen LogP contribution is 2.24. The van der Waals surface area contributed by atoms with Gasteiger partial charge in [0.1, 0.15) is 5.75 Å². The molecule has 0 saturated carbocycles. The van der Waals surface area contributed by atoms with Gasteiger partial charge in [-0.05, 0) is 49.6 Å². The van der Waals surface area contributed by atoms with Gasteiger partial charge in [0.2, 0.25) is 0 Å². The van der Waals surface area contributed by atoms with E-state index in [-0.39, 0.29) is 17.2 Å². The van der Waals surface area contributed by atoms with Crippen molar-refractivity contribution >= 4 is 17.6 Å². The minimum Gasteiger partial charge on any atom is -0.496 e. The Balaban J connectivity index is 2.05. The Morgan fingerprint density at radius 3 is 2.41 bits per heavy atom. The van der Waals surface area contributed by atoms with Crippen LogP contribution in [0, 0.1) is 6.92 Å². The number of hydrogen-bond acceptors (Lipinski definition) is 3. The van der Waals surface area contributed by atoms with Gasteiger partial charge in [-0.3, -0.25) is 4.79 Å². The van der Waals surface area contributed by atoms with Crippen LogP contribution in [0.1, 0.15) is 77.3 Å². The molecule has 0 heterocycles. The lowest BCUT2D eigenvalue weighted by Gasteiger charge is -2.12. The molecule has 0 saturated heterocycles. The summed E-state index contributed by atoms with van der Waals surface area (Å²) in [6.07, 6.45) is 8.26. The maximum absolute atomic E-state index is 12.7. The molecule has 2 aromatic carbocycles. The van der Waals surface area contributed by atoms with Crippen molar-refractivity contribution in [3.05, 3.63) is 58.7 Å². The van der Waals surface area contributed by atoms with E-state index in [1.54, 1.807) is 37.4 Å². The molecule has 2 N–H and O–H groups in total. The van der Waals surface area contributed by atoms with Crippen LogP contribution in [0.15, 0.2) is 36.4 Å². The minimum atomic E-state index is -1.07.